The van der Waals surface area contributed by atoms with Crippen LogP contribution in [0.2, 0.25) is 5.02 Å². The minimum absolute atomic E-state index is 0.115. The van der Waals surface area contributed by atoms with Crippen LogP contribution in [0.4, 0.5) is 0 Å². The molecule has 2 aromatic carbocycles. The molecule has 0 aliphatic carbocycles. The summed E-state index contributed by atoms with van der Waals surface area (Å²) in [6, 6.07) is 18.2. The molecule has 1 aliphatic rings. The average molecular weight is 361 g/mol. The number of likely N-dealkylation sites (tertiary alicyclic amines) is 1. The maximum atomic E-state index is 12.4. The Bertz CT molecular complexity index is 678. The lowest BCUT2D eigenvalue weighted by molar-refractivity contribution is -0.127. The van der Waals surface area contributed by atoms with Gasteiger partial charge >= 0.3 is 0 Å². The molecule has 0 saturated carbocycles. The highest BCUT2D eigenvalue weighted by Gasteiger charge is 2.25. The van der Waals surface area contributed by atoms with Gasteiger partial charge in [-0.05, 0) is 29.7 Å². The third kappa shape index (κ3) is 4.32. The zero-order chi connectivity index (χ0) is 16.9. The summed E-state index contributed by atoms with van der Waals surface area (Å²) in [7, 11) is 0. The Labute approximate surface area is 152 Å². The van der Waals surface area contributed by atoms with Gasteiger partial charge in [-0.1, -0.05) is 54.1 Å². The van der Waals surface area contributed by atoms with Crippen LogP contribution in [0, 0.1) is 0 Å². The molecule has 0 aromatic heterocycles. The van der Waals surface area contributed by atoms with Crippen LogP contribution in [0.1, 0.15) is 22.8 Å². The van der Waals surface area contributed by atoms with E-state index in [4.69, 9.17) is 17.3 Å². The van der Waals surface area contributed by atoms with Crippen molar-refractivity contribution in [2.75, 3.05) is 18.8 Å². The predicted molar refractivity (Wildman–Crippen MR) is 101 cm³/mol. The standard InChI is InChI=1S/C19H21ClN2OS/c20-16-8-6-15(7-9-16)19(14-4-2-1-3-5-14)24-13-18(23)22-11-10-17(21)12-22/h1-9,17,19H,10-13,21H2/t17-,19?/m1/s1. The van der Waals surface area contributed by atoms with E-state index in [1.54, 1.807) is 11.8 Å². The van der Waals surface area contributed by atoms with Crippen LogP contribution in [0.5, 0.6) is 0 Å². The number of halogens is 1. The Kier molecular flexibility index (Phi) is 5.82. The number of amides is 1. The van der Waals surface area contributed by atoms with Crippen molar-refractivity contribution < 1.29 is 4.79 Å². The number of hydrogen-bond donors (Lipinski definition) is 1. The molecule has 1 aliphatic heterocycles. The number of nitrogens with zero attached hydrogens (tertiary/aromatic N) is 1. The molecular formula is C19H21ClN2OS. The molecular weight excluding hydrogens is 340 g/mol. The fourth-order valence-electron chi connectivity index (χ4n) is 2.91. The van der Waals surface area contributed by atoms with Gasteiger partial charge in [-0.25, -0.2) is 0 Å². The minimum Gasteiger partial charge on any atom is -0.340 e. The van der Waals surface area contributed by atoms with Gasteiger partial charge in [0, 0.05) is 24.2 Å². The molecule has 1 unspecified atom stereocenters. The topological polar surface area (TPSA) is 46.3 Å². The maximum Gasteiger partial charge on any atom is 0.232 e. The van der Waals surface area contributed by atoms with E-state index in [-0.39, 0.29) is 17.2 Å². The van der Waals surface area contributed by atoms with Gasteiger partial charge in [-0.15, -0.1) is 11.8 Å². The van der Waals surface area contributed by atoms with E-state index in [2.05, 4.69) is 12.1 Å². The minimum atomic E-state index is 0.115. The Balaban J connectivity index is 1.73. The Morgan fingerprint density at radius 1 is 1.17 bits per heavy atom. The summed E-state index contributed by atoms with van der Waals surface area (Å²) in [5.74, 6) is 0.623. The molecule has 126 valence electrons. The highest BCUT2D eigenvalue weighted by molar-refractivity contribution is 8.00. The zero-order valence-corrected chi connectivity index (χ0v) is 15.0. The van der Waals surface area contributed by atoms with Crippen LogP contribution >= 0.6 is 23.4 Å². The predicted octanol–water partition coefficient (Wildman–Crippen LogP) is 3.72. The monoisotopic (exact) mass is 360 g/mol. The number of thioether (sulfide) groups is 1. The largest absolute Gasteiger partial charge is 0.340 e. The first-order valence-corrected chi connectivity index (χ1v) is 9.51. The van der Waals surface area contributed by atoms with Crippen LogP contribution in [0.3, 0.4) is 0 Å². The number of benzene rings is 2. The van der Waals surface area contributed by atoms with Gasteiger partial charge in [-0.2, -0.15) is 0 Å². The second-order valence-corrected chi connectivity index (χ2v) is 7.57. The first kappa shape index (κ1) is 17.3. The lowest BCUT2D eigenvalue weighted by Gasteiger charge is -2.20. The molecule has 3 nitrogen and oxygen atoms in total. The Hall–Kier alpha value is -1.49. The summed E-state index contributed by atoms with van der Waals surface area (Å²) in [5.41, 5.74) is 8.25. The van der Waals surface area contributed by atoms with Crippen LogP contribution in [-0.4, -0.2) is 35.7 Å². The molecule has 0 radical (unpaired) electrons. The Morgan fingerprint density at radius 2 is 1.83 bits per heavy atom. The summed E-state index contributed by atoms with van der Waals surface area (Å²) in [4.78, 5) is 14.3. The average Bonchev–Trinajstić information content (AvgIpc) is 3.04. The number of carbonyl (C=O) groups is 1. The fraction of sp³-hybridized carbons (Fsp3) is 0.316. The van der Waals surface area contributed by atoms with Gasteiger partial charge in [0.15, 0.2) is 0 Å². The number of hydrogen-bond acceptors (Lipinski definition) is 3. The fourth-order valence-corrected chi connectivity index (χ4v) is 4.23. The SMILES string of the molecule is N[C@@H]1CCN(C(=O)CSC(c2ccccc2)c2ccc(Cl)cc2)C1. The van der Waals surface area contributed by atoms with Crippen LogP contribution < -0.4 is 5.73 Å². The van der Waals surface area contributed by atoms with E-state index in [0.29, 0.717) is 12.3 Å². The highest BCUT2D eigenvalue weighted by atomic mass is 35.5. The third-order valence-electron chi connectivity index (χ3n) is 4.23. The Morgan fingerprint density at radius 3 is 2.46 bits per heavy atom. The second-order valence-electron chi connectivity index (χ2n) is 6.04. The normalized spacial score (nSPS) is 18.6. The molecule has 0 spiro atoms. The third-order valence-corrected chi connectivity index (χ3v) is 5.77. The maximum absolute atomic E-state index is 12.4. The van der Waals surface area contributed by atoms with Gasteiger partial charge in [0.05, 0.1) is 11.0 Å². The van der Waals surface area contributed by atoms with Crippen molar-refractivity contribution in [2.24, 2.45) is 5.73 Å². The molecule has 24 heavy (non-hydrogen) atoms. The lowest BCUT2D eigenvalue weighted by atomic mass is 10.0. The van der Waals surface area contributed by atoms with Gasteiger partial charge in [0.2, 0.25) is 5.91 Å². The molecule has 1 saturated heterocycles. The summed E-state index contributed by atoms with van der Waals surface area (Å²) >= 11 is 7.66. The van der Waals surface area contributed by atoms with Crippen molar-refractivity contribution in [3.05, 3.63) is 70.7 Å². The molecule has 3 rings (SSSR count). The highest BCUT2D eigenvalue weighted by Crippen LogP contribution is 2.36. The van der Waals surface area contributed by atoms with Crippen molar-refractivity contribution >= 4 is 29.3 Å². The quantitative estimate of drug-likeness (QED) is 0.883. The van der Waals surface area contributed by atoms with Gasteiger partial charge < -0.3 is 10.6 Å². The molecule has 1 amide bonds. The van der Waals surface area contributed by atoms with E-state index in [1.807, 2.05) is 47.4 Å². The summed E-state index contributed by atoms with van der Waals surface area (Å²) < 4.78 is 0. The van der Waals surface area contributed by atoms with E-state index >= 15 is 0 Å². The molecule has 1 heterocycles. The van der Waals surface area contributed by atoms with Crippen molar-refractivity contribution in [3.8, 4) is 0 Å². The van der Waals surface area contributed by atoms with Crippen LogP contribution in [0.15, 0.2) is 54.6 Å². The zero-order valence-electron chi connectivity index (χ0n) is 13.4. The number of rotatable bonds is 5. The molecule has 5 heteroatoms. The second kappa shape index (κ2) is 8.06. The summed E-state index contributed by atoms with van der Waals surface area (Å²) in [6.07, 6.45) is 0.899. The molecule has 0 bridgehead atoms. The molecule has 2 N–H and O–H groups in total. The van der Waals surface area contributed by atoms with Gasteiger partial charge in [-0.3, -0.25) is 4.79 Å². The van der Waals surface area contributed by atoms with Gasteiger partial charge in [0.25, 0.3) is 0 Å². The van der Waals surface area contributed by atoms with Crippen molar-refractivity contribution in [2.45, 2.75) is 17.7 Å². The summed E-state index contributed by atoms with van der Waals surface area (Å²) in [6.45, 7) is 1.45. The first-order chi connectivity index (χ1) is 11.6. The molecule has 2 aromatic rings. The van der Waals surface area contributed by atoms with Crippen LogP contribution in [-0.2, 0) is 4.79 Å². The van der Waals surface area contributed by atoms with Crippen molar-refractivity contribution in [1.29, 1.82) is 0 Å². The van der Waals surface area contributed by atoms with Crippen molar-refractivity contribution in [1.82, 2.24) is 4.90 Å². The first-order valence-electron chi connectivity index (χ1n) is 8.09. The number of carbonyl (C=O) groups excluding carboxylic acids is 1. The van der Waals surface area contributed by atoms with E-state index < -0.39 is 0 Å². The summed E-state index contributed by atoms with van der Waals surface area (Å²) in [5, 5.41) is 0.835. The van der Waals surface area contributed by atoms with E-state index in [9.17, 15) is 4.79 Å². The van der Waals surface area contributed by atoms with E-state index in [1.165, 1.54) is 5.56 Å². The van der Waals surface area contributed by atoms with Gasteiger partial charge in [0.1, 0.15) is 0 Å². The lowest BCUT2D eigenvalue weighted by Crippen LogP contribution is -2.33. The molecule has 2 atom stereocenters. The molecule has 1 fully saturated rings. The number of nitrogens with two attached hydrogens (primary N) is 1. The van der Waals surface area contributed by atoms with Crippen molar-refractivity contribution in [3.63, 3.8) is 0 Å². The van der Waals surface area contributed by atoms with Crippen LogP contribution in [0.25, 0.3) is 0 Å². The smallest absolute Gasteiger partial charge is 0.232 e. The van der Waals surface area contributed by atoms with E-state index in [0.717, 1.165) is 23.6 Å².